The Kier molecular flexibility index (Phi) is 3.85. The quantitative estimate of drug-likeness (QED) is 0.819. The normalized spacial score (nSPS) is 22.2. The zero-order valence-electron chi connectivity index (χ0n) is 12.5. The van der Waals surface area contributed by atoms with Crippen LogP contribution in [0.5, 0.6) is 0 Å². The highest BCUT2D eigenvalue weighted by Crippen LogP contribution is 2.38. The Morgan fingerprint density at radius 1 is 1.32 bits per heavy atom. The van der Waals surface area contributed by atoms with Crippen LogP contribution in [0.3, 0.4) is 0 Å². The van der Waals surface area contributed by atoms with Gasteiger partial charge < -0.3 is 15.0 Å². The Morgan fingerprint density at radius 3 is 2.32 bits per heavy atom. The maximum absolute atomic E-state index is 12.8. The summed E-state index contributed by atoms with van der Waals surface area (Å²) in [7, 11) is 0. The predicted octanol–water partition coefficient (Wildman–Crippen LogP) is 1.97. The van der Waals surface area contributed by atoms with Gasteiger partial charge in [0, 0.05) is 24.2 Å². The van der Waals surface area contributed by atoms with E-state index < -0.39 is 30.7 Å². The van der Waals surface area contributed by atoms with Crippen molar-refractivity contribution in [3.05, 3.63) is 22.5 Å². The number of nitrogens with one attached hydrogen (secondary N) is 1. The number of aromatic amines is 1. The number of rotatable bonds is 2. The predicted molar refractivity (Wildman–Crippen MR) is 71.8 cm³/mol. The number of aromatic nitrogens is 1. The SMILES string of the molecule is CC(=O)c1c(C)[nH]c(C(=O)N2CC[C@](O)(C(F)(F)F)C2)c1C. The average Bonchev–Trinajstić information content (AvgIpc) is 2.90. The number of carbonyl (C=O) groups is 2. The lowest BCUT2D eigenvalue weighted by atomic mass is 10.0. The molecular formula is C14H17F3N2O3. The van der Waals surface area contributed by atoms with Crippen LogP contribution in [0.25, 0.3) is 0 Å². The molecule has 22 heavy (non-hydrogen) atoms. The number of carbonyl (C=O) groups excluding carboxylic acids is 2. The van der Waals surface area contributed by atoms with E-state index in [9.17, 15) is 27.9 Å². The minimum absolute atomic E-state index is 0.0918. The fourth-order valence-corrected chi connectivity index (χ4v) is 2.85. The molecular weight excluding hydrogens is 301 g/mol. The first-order valence-corrected chi connectivity index (χ1v) is 6.76. The van der Waals surface area contributed by atoms with Crippen molar-refractivity contribution in [1.82, 2.24) is 9.88 Å². The van der Waals surface area contributed by atoms with Crippen molar-refractivity contribution in [3.8, 4) is 0 Å². The van der Waals surface area contributed by atoms with E-state index >= 15 is 0 Å². The van der Waals surface area contributed by atoms with Crippen molar-refractivity contribution in [2.45, 2.75) is 39.0 Å². The molecule has 0 spiro atoms. The van der Waals surface area contributed by atoms with Crippen LogP contribution in [0.4, 0.5) is 13.2 Å². The monoisotopic (exact) mass is 318 g/mol. The van der Waals surface area contributed by atoms with Gasteiger partial charge in [0.25, 0.3) is 5.91 Å². The van der Waals surface area contributed by atoms with Gasteiger partial charge >= 0.3 is 6.18 Å². The summed E-state index contributed by atoms with van der Waals surface area (Å²) in [5.41, 5.74) is -1.50. The molecule has 1 aromatic heterocycles. The van der Waals surface area contributed by atoms with Gasteiger partial charge in [-0.2, -0.15) is 13.2 Å². The Bertz CT molecular complexity index is 636. The molecule has 2 N–H and O–H groups in total. The van der Waals surface area contributed by atoms with E-state index in [1.807, 2.05) is 0 Å². The second-order valence-electron chi connectivity index (χ2n) is 5.69. The van der Waals surface area contributed by atoms with Crippen LogP contribution < -0.4 is 0 Å². The third kappa shape index (κ3) is 2.51. The number of aliphatic hydroxyl groups is 1. The Morgan fingerprint density at radius 2 is 1.91 bits per heavy atom. The number of halogens is 3. The zero-order chi connectivity index (χ0) is 16.9. The molecule has 1 aromatic rings. The van der Waals surface area contributed by atoms with Crippen molar-refractivity contribution in [1.29, 1.82) is 0 Å². The summed E-state index contributed by atoms with van der Waals surface area (Å²) in [5.74, 6) is -0.869. The summed E-state index contributed by atoms with van der Waals surface area (Å²) >= 11 is 0. The van der Waals surface area contributed by atoms with E-state index in [4.69, 9.17) is 0 Å². The Balaban J connectivity index is 2.28. The molecule has 1 amide bonds. The summed E-state index contributed by atoms with van der Waals surface area (Å²) in [6.45, 7) is 3.55. The van der Waals surface area contributed by atoms with E-state index in [1.165, 1.54) is 6.92 Å². The molecule has 5 nitrogen and oxygen atoms in total. The molecule has 0 unspecified atom stereocenters. The molecule has 8 heteroatoms. The first kappa shape index (κ1) is 16.5. The van der Waals surface area contributed by atoms with Crippen LogP contribution in [0.15, 0.2) is 0 Å². The molecule has 1 saturated heterocycles. The molecule has 1 aliphatic rings. The van der Waals surface area contributed by atoms with Crippen LogP contribution in [-0.2, 0) is 0 Å². The van der Waals surface area contributed by atoms with Crippen LogP contribution >= 0.6 is 0 Å². The molecule has 0 saturated carbocycles. The van der Waals surface area contributed by atoms with Crippen LogP contribution in [0.1, 0.15) is 45.4 Å². The van der Waals surface area contributed by atoms with E-state index in [2.05, 4.69) is 4.98 Å². The second kappa shape index (κ2) is 5.12. The number of aryl methyl sites for hydroxylation is 1. The fraction of sp³-hybridized carbons (Fsp3) is 0.571. The van der Waals surface area contributed by atoms with Gasteiger partial charge in [-0.25, -0.2) is 0 Å². The molecule has 0 aliphatic carbocycles. The number of H-pyrrole nitrogens is 1. The van der Waals surface area contributed by atoms with E-state index in [1.54, 1.807) is 13.8 Å². The van der Waals surface area contributed by atoms with Gasteiger partial charge in [0.1, 0.15) is 5.69 Å². The first-order chi connectivity index (χ1) is 9.98. The summed E-state index contributed by atoms with van der Waals surface area (Å²) in [6.07, 6.45) is -5.34. The maximum atomic E-state index is 12.8. The van der Waals surface area contributed by atoms with Crippen molar-refractivity contribution in [3.63, 3.8) is 0 Å². The number of hydrogen-bond donors (Lipinski definition) is 2. The lowest BCUT2D eigenvalue weighted by Crippen LogP contribution is -2.48. The number of amides is 1. The average molecular weight is 318 g/mol. The lowest BCUT2D eigenvalue weighted by molar-refractivity contribution is -0.253. The summed E-state index contributed by atoms with van der Waals surface area (Å²) < 4.78 is 38.4. The van der Waals surface area contributed by atoms with Gasteiger partial charge in [-0.3, -0.25) is 9.59 Å². The van der Waals surface area contributed by atoms with E-state index in [0.717, 1.165) is 4.90 Å². The molecule has 0 bridgehead atoms. The van der Waals surface area contributed by atoms with Gasteiger partial charge in [0.05, 0.1) is 6.54 Å². The minimum atomic E-state index is -4.78. The van der Waals surface area contributed by atoms with Crippen molar-refractivity contribution >= 4 is 11.7 Å². The van der Waals surface area contributed by atoms with Crippen molar-refractivity contribution in [2.75, 3.05) is 13.1 Å². The molecule has 122 valence electrons. The lowest BCUT2D eigenvalue weighted by Gasteiger charge is -2.25. The highest BCUT2D eigenvalue weighted by Gasteiger charge is 2.58. The van der Waals surface area contributed by atoms with Gasteiger partial charge in [-0.15, -0.1) is 0 Å². The summed E-state index contributed by atoms with van der Waals surface area (Å²) in [5, 5.41) is 9.63. The number of likely N-dealkylation sites (tertiary alicyclic amines) is 1. The number of β-amino-alcohol motifs (C(OH)–C–C–N with tert-alkyl or cyclic N) is 1. The molecule has 2 rings (SSSR count). The molecule has 1 atom stereocenters. The van der Waals surface area contributed by atoms with E-state index in [-0.39, 0.29) is 18.0 Å². The minimum Gasteiger partial charge on any atom is -0.379 e. The summed E-state index contributed by atoms with van der Waals surface area (Å²) in [6, 6.07) is 0. The van der Waals surface area contributed by atoms with Gasteiger partial charge in [0.15, 0.2) is 11.4 Å². The molecule has 1 fully saturated rings. The topological polar surface area (TPSA) is 73.4 Å². The number of Topliss-reactive ketones (excluding diaryl/α,β-unsaturated/α-hetero) is 1. The van der Waals surface area contributed by atoms with Crippen LogP contribution in [-0.4, -0.2) is 51.5 Å². The van der Waals surface area contributed by atoms with Gasteiger partial charge in [0.2, 0.25) is 0 Å². The standard InChI is InChI=1S/C14H17F3N2O3/c1-7-10(9(3)20)8(2)18-11(7)12(21)19-5-4-13(22,6-19)14(15,16)17/h18,22H,4-6H2,1-3H3/t13-/m1/s1. The number of alkyl halides is 3. The molecule has 0 radical (unpaired) electrons. The molecule has 2 heterocycles. The van der Waals surface area contributed by atoms with Gasteiger partial charge in [-0.05, 0) is 26.3 Å². The smallest absolute Gasteiger partial charge is 0.379 e. The highest BCUT2D eigenvalue weighted by molar-refractivity contribution is 6.02. The zero-order valence-corrected chi connectivity index (χ0v) is 12.5. The molecule has 0 aromatic carbocycles. The third-order valence-corrected chi connectivity index (χ3v) is 4.07. The maximum Gasteiger partial charge on any atom is 0.419 e. The van der Waals surface area contributed by atoms with Crippen molar-refractivity contribution in [2.24, 2.45) is 0 Å². The molecule has 1 aliphatic heterocycles. The number of ketones is 1. The summed E-state index contributed by atoms with van der Waals surface area (Å²) in [4.78, 5) is 27.6. The van der Waals surface area contributed by atoms with Gasteiger partial charge in [-0.1, -0.05) is 0 Å². The largest absolute Gasteiger partial charge is 0.419 e. The second-order valence-corrected chi connectivity index (χ2v) is 5.69. The van der Waals surface area contributed by atoms with Crippen LogP contribution in [0, 0.1) is 13.8 Å². The van der Waals surface area contributed by atoms with Crippen LogP contribution in [0.2, 0.25) is 0 Å². The highest BCUT2D eigenvalue weighted by atomic mass is 19.4. The van der Waals surface area contributed by atoms with E-state index in [0.29, 0.717) is 16.8 Å². The Labute approximate surface area is 125 Å². The Hall–Kier alpha value is -1.83. The van der Waals surface area contributed by atoms with Crippen molar-refractivity contribution < 1.29 is 27.9 Å². The fourth-order valence-electron chi connectivity index (χ4n) is 2.85. The first-order valence-electron chi connectivity index (χ1n) is 6.76. The number of nitrogens with zero attached hydrogens (tertiary/aromatic N) is 1. The third-order valence-electron chi connectivity index (χ3n) is 4.07. The number of hydrogen-bond acceptors (Lipinski definition) is 3.